The molecule has 3 heteroatoms. The number of hydrogen-bond acceptors (Lipinski definition) is 3. The van der Waals surface area contributed by atoms with Crippen molar-refractivity contribution in [2.45, 2.75) is 26.4 Å². The van der Waals surface area contributed by atoms with Gasteiger partial charge in [-0.05, 0) is 32.0 Å². The summed E-state index contributed by atoms with van der Waals surface area (Å²) in [6.45, 7) is 6.55. The highest BCUT2D eigenvalue weighted by molar-refractivity contribution is 5.41. The van der Waals surface area contributed by atoms with Crippen LogP contribution in [0.15, 0.2) is 18.2 Å². The molecule has 0 spiro atoms. The molecule has 2 N–H and O–H groups in total. The quantitative estimate of drug-likeness (QED) is 0.823. The zero-order chi connectivity index (χ0) is 13.1. The van der Waals surface area contributed by atoms with E-state index in [-0.39, 0.29) is 5.92 Å². The van der Waals surface area contributed by atoms with Gasteiger partial charge in [-0.1, -0.05) is 25.5 Å². The van der Waals surface area contributed by atoms with Gasteiger partial charge < -0.3 is 15.2 Å². The number of aliphatic hydroxyl groups is 1. The molecule has 0 aliphatic rings. The third-order valence-corrected chi connectivity index (χ3v) is 3.22. The molecule has 0 aliphatic carbocycles. The standard InChI is InChI=1S/C14H23NO2/c1-10(2)14(16,9-15-4)12-8-11(3)6-7-13(12)17-5/h6-8,10,15-16H,9H2,1-5H3. The Labute approximate surface area is 104 Å². The number of likely N-dealkylation sites (N-methyl/N-ethyl adjacent to an activating group) is 1. The van der Waals surface area contributed by atoms with E-state index in [1.165, 1.54) is 0 Å². The maximum Gasteiger partial charge on any atom is 0.125 e. The van der Waals surface area contributed by atoms with Crippen LogP contribution in [0.5, 0.6) is 5.75 Å². The van der Waals surface area contributed by atoms with Gasteiger partial charge in [-0.25, -0.2) is 0 Å². The Bertz CT molecular complexity index is 376. The normalized spacial score (nSPS) is 14.8. The van der Waals surface area contributed by atoms with E-state index >= 15 is 0 Å². The van der Waals surface area contributed by atoms with E-state index in [1.54, 1.807) is 7.11 Å². The van der Waals surface area contributed by atoms with Crippen molar-refractivity contribution >= 4 is 0 Å². The number of ether oxygens (including phenoxy) is 1. The first-order valence-electron chi connectivity index (χ1n) is 5.97. The second-order valence-corrected chi connectivity index (χ2v) is 4.81. The van der Waals surface area contributed by atoms with Crippen LogP contribution in [0.25, 0.3) is 0 Å². The van der Waals surface area contributed by atoms with E-state index in [0.29, 0.717) is 6.54 Å². The molecular formula is C14H23NO2. The number of benzene rings is 1. The average Bonchev–Trinajstić information content (AvgIpc) is 2.29. The lowest BCUT2D eigenvalue weighted by Crippen LogP contribution is -2.41. The largest absolute Gasteiger partial charge is 0.496 e. The van der Waals surface area contributed by atoms with Crippen LogP contribution in [0.4, 0.5) is 0 Å². The summed E-state index contributed by atoms with van der Waals surface area (Å²) in [6, 6.07) is 5.90. The summed E-state index contributed by atoms with van der Waals surface area (Å²) in [5, 5.41) is 13.9. The third kappa shape index (κ3) is 2.79. The summed E-state index contributed by atoms with van der Waals surface area (Å²) in [4.78, 5) is 0. The molecule has 1 atom stereocenters. The molecule has 17 heavy (non-hydrogen) atoms. The summed E-state index contributed by atoms with van der Waals surface area (Å²) < 4.78 is 5.36. The number of nitrogens with one attached hydrogen (secondary N) is 1. The van der Waals surface area contributed by atoms with Crippen LogP contribution in [0.1, 0.15) is 25.0 Å². The van der Waals surface area contributed by atoms with E-state index in [2.05, 4.69) is 5.32 Å². The molecule has 0 aliphatic heterocycles. The van der Waals surface area contributed by atoms with Crippen LogP contribution in [-0.4, -0.2) is 25.8 Å². The van der Waals surface area contributed by atoms with Crippen molar-refractivity contribution in [1.82, 2.24) is 5.32 Å². The lowest BCUT2D eigenvalue weighted by atomic mass is 9.82. The average molecular weight is 237 g/mol. The number of hydrogen-bond donors (Lipinski definition) is 2. The summed E-state index contributed by atoms with van der Waals surface area (Å²) in [7, 11) is 3.48. The molecule has 0 bridgehead atoms. The van der Waals surface area contributed by atoms with E-state index in [9.17, 15) is 5.11 Å². The Morgan fingerprint density at radius 1 is 1.41 bits per heavy atom. The molecule has 96 valence electrons. The molecule has 0 saturated carbocycles. The zero-order valence-corrected chi connectivity index (χ0v) is 11.4. The molecule has 3 nitrogen and oxygen atoms in total. The first-order valence-corrected chi connectivity index (χ1v) is 5.97. The van der Waals surface area contributed by atoms with Gasteiger partial charge in [0.25, 0.3) is 0 Å². The fraction of sp³-hybridized carbons (Fsp3) is 0.571. The van der Waals surface area contributed by atoms with Gasteiger partial charge in [0.1, 0.15) is 11.4 Å². The molecule has 0 saturated heterocycles. The van der Waals surface area contributed by atoms with Crippen molar-refractivity contribution in [3.05, 3.63) is 29.3 Å². The Balaban J connectivity index is 3.31. The first kappa shape index (κ1) is 14.0. The molecular weight excluding hydrogens is 214 g/mol. The SMILES string of the molecule is CNCC(O)(c1cc(C)ccc1OC)C(C)C. The van der Waals surface area contributed by atoms with Crippen LogP contribution in [-0.2, 0) is 5.60 Å². The highest BCUT2D eigenvalue weighted by atomic mass is 16.5. The van der Waals surface area contributed by atoms with Gasteiger partial charge in [0.05, 0.1) is 7.11 Å². The van der Waals surface area contributed by atoms with Crippen LogP contribution < -0.4 is 10.1 Å². The molecule has 0 fully saturated rings. The number of aryl methyl sites for hydroxylation is 1. The molecule has 0 heterocycles. The Hall–Kier alpha value is -1.06. The van der Waals surface area contributed by atoms with Gasteiger partial charge in [0, 0.05) is 12.1 Å². The van der Waals surface area contributed by atoms with Crippen molar-refractivity contribution in [2.24, 2.45) is 5.92 Å². The van der Waals surface area contributed by atoms with Crippen molar-refractivity contribution < 1.29 is 9.84 Å². The van der Waals surface area contributed by atoms with Crippen LogP contribution >= 0.6 is 0 Å². The van der Waals surface area contributed by atoms with Crippen molar-refractivity contribution in [2.75, 3.05) is 20.7 Å². The predicted molar refractivity (Wildman–Crippen MR) is 70.4 cm³/mol. The summed E-state index contributed by atoms with van der Waals surface area (Å²) in [6.07, 6.45) is 0. The van der Waals surface area contributed by atoms with Crippen LogP contribution in [0.3, 0.4) is 0 Å². The number of rotatable bonds is 5. The van der Waals surface area contributed by atoms with Crippen LogP contribution in [0.2, 0.25) is 0 Å². The molecule has 1 aromatic carbocycles. The topological polar surface area (TPSA) is 41.5 Å². The molecule has 1 unspecified atom stereocenters. The maximum absolute atomic E-state index is 10.9. The maximum atomic E-state index is 10.9. The van der Waals surface area contributed by atoms with Crippen molar-refractivity contribution in [3.63, 3.8) is 0 Å². The zero-order valence-electron chi connectivity index (χ0n) is 11.4. The lowest BCUT2D eigenvalue weighted by molar-refractivity contribution is -0.00954. The summed E-state index contributed by atoms with van der Waals surface area (Å²) in [5.41, 5.74) is 1.06. The predicted octanol–water partition coefficient (Wildman–Crippen LogP) is 2.07. The van der Waals surface area contributed by atoms with Gasteiger partial charge in [-0.15, -0.1) is 0 Å². The lowest BCUT2D eigenvalue weighted by Gasteiger charge is -2.34. The smallest absolute Gasteiger partial charge is 0.125 e. The Kier molecular flexibility index (Phi) is 4.54. The van der Waals surface area contributed by atoms with Gasteiger partial charge >= 0.3 is 0 Å². The van der Waals surface area contributed by atoms with Crippen molar-refractivity contribution in [1.29, 1.82) is 0 Å². The van der Waals surface area contributed by atoms with E-state index < -0.39 is 5.60 Å². The van der Waals surface area contributed by atoms with E-state index in [1.807, 2.05) is 46.0 Å². The minimum atomic E-state index is -0.911. The monoisotopic (exact) mass is 237 g/mol. The molecule has 0 amide bonds. The second-order valence-electron chi connectivity index (χ2n) is 4.81. The minimum Gasteiger partial charge on any atom is -0.496 e. The van der Waals surface area contributed by atoms with E-state index in [0.717, 1.165) is 16.9 Å². The van der Waals surface area contributed by atoms with Gasteiger partial charge in [-0.2, -0.15) is 0 Å². The molecule has 1 rings (SSSR count). The minimum absolute atomic E-state index is 0.102. The molecule has 0 radical (unpaired) electrons. The summed E-state index contributed by atoms with van der Waals surface area (Å²) >= 11 is 0. The number of methoxy groups -OCH3 is 1. The second kappa shape index (κ2) is 5.52. The summed E-state index contributed by atoms with van der Waals surface area (Å²) in [5.74, 6) is 0.840. The Morgan fingerprint density at radius 2 is 2.06 bits per heavy atom. The first-order chi connectivity index (χ1) is 7.95. The van der Waals surface area contributed by atoms with Crippen molar-refractivity contribution in [3.8, 4) is 5.75 Å². The highest BCUT2D eigenvalue weighted by Crippen LogP contribution is 2.35. The van der Waals surface area contributed by atoms with Gasteiger partial charge in [-0.3, -0.25) is 0 Å². The van der Waals surface area contributed by atoms with Gasteiger partial charge in [0.2, 0.25) is 0 Å². The molecule has 1 aromatic rings. The highest BCUT2D eigenvalue weighted by Gasteiger charge is 2.35. The fourth-order valence-electron chi connectivity index (χ4n) is 2.04. The third-order valence-electron chi connectivity index (χ3n) is 3.22. The van der Waals surface area contributed by atoms with Gasteiger partial charge in [0.15, 0.2) is 0 Å². The van der Waals surface area contributed by atoms with Crippen LogP contribution in [0, 0.1) is 12.8 Å². The van der Waals surface area contributed by atoms with E-state index in [4.69, 9.17) is 4.74 Å². The molecule has 0 aromatic heterocycles. The Morgan fingerprint density at radius 3 is 2.53 bits per heavy atom. The fourth-order valence-corrected chi connectivity index (χ4v) is 2.04.